The minimum atomic E-state index is -0.455. The van der Waals surface area contributed by atoms with E-state index in [9.17, 15) is 4.79 Å². The summed E-state index contributed by atoms with van der Waals surface area (Å²) >= 11 is 0. The predicted octanol–water partition coefficient (Wildman–Crippen LogP) is 4.08. The number of benzene rings is 1. The molecule has 2 rings (SSSR count). The number of ether oxygens (including phenoxy) is 1. The second-order valence-corrected chi connectivity index (χ2v) is 7.51. The van der Waals surface area contributed by atoms with Crippen LogP contribution in [0.4, 0.5) is 10.5 Å². The molecule has 0 N–H and O–H groups in total. The van der Waals surface area contributed by atoms with Crippen LogP contribution in [0.25, 0.3) is 0 Å². The average Bonchev–Trinajstić information content (AvgIpc) is 2.44. The summed E-state index contributed by atoms with van der Waals surface area (Å²) in [5.74, 6) is 0. The first kappa shape index (κ1) is 17.6. The number of anilines is 1. The Morgan fingerprint density at radius 3 is 2.09 bits per heavy atom. The monoisotopic (exact) mass is 318 g/mol. The van der Waals surface area contributed by atoms with Gasteiger partial charge >= 0.3 is 6.09 Å². The van der Waals surface area contributed by atoms with Gasteiger partial charge in [-0.25, -0.2) is 4.79 Å². The fourth-order valence-corrected chi connectivity index (χ4v) is 3.15. The first-order valence-corrected chi connectivity index (χ1v) is 8.56. The number of amides is 1. The van der Waals surface area contributed by atoms with Crippen molar-refractivity contribution in [3.8, 4) is 0 Å². The molecule has 2 atom stereocenters. The maximum absolute atomic E-state index is 12.4. The van der Waals surface area contributed by atoms with Gasteiger partial charge in [0, 0.05) is 18.8 Å². The van der Waals surface area contributed by atoms with Crippen molar-refractivity contribution in [2.45, 2.75) is 65.6 Å². The molecule has 4 nitrogen and oxygen atoms in total. The SMILES string of the molecule is CCc1ccc(N2CC(C)N(C(=O)OC(C)(C)C)C(C)C2)cc1. The van der Waals surface area contributed by atoms with Crippen molar-refractivity contribution < 1.29 is 9.53 Å². The molecule has 1 fully saturated rings. The van der Waals surface area contributed by atoms with Gasteiger partial charge in [0.25, 0.3) is 0 Å². The highest BCUT2D eigenvalue weighted by Crippen LogP contribution is 2.24. The van der Waals surface area contributed by atoms with Gasteiger partial charge in [-0.3, -0.25) is 4.90 Å². The summed E-state index contributed by atoms with van der Waals surface area (Å²) in [7, 11) is 0. The molecule has 1 aliphatic rings. The van der Waals surface area contributed by atoms with E-state index in [1.54, 1.807) is 0 Å². The first-order valence-electron chi connectivity index (χ1n) is 8.56. The standard InChI is InChI=1S/C19H30N2O2/c1-7-16-8-10-17(11-9-16)20-12-14(2)21(15(3)13-20)18(22)23-19(4,5)6/h8-11,14-15H,7,12-13H2,1-6H3. The second-order valence-electron chi connectivity index (χ2n) is 7.51. The molecule has 1 saturated heterocycles. The molecule has 1 amide bonds. The van der Waals surface area contributed by atoms with Crippen molar-refractivity contribution >= 4 is 11.8 Å². The van der Waals surface area contributed by atoms with Crippen molar-refractivity contribution in [2.75, 3.05) is 18.0 Å². The smallest absolute Gasteiger partial charge is 0.410 e. The molecule has 4 heteroatoms. The fraction of sp³-hybridized carbons (Fsp3) is 0.632. The topological polar surface area (TPSA) is 32.8 Å². The Balaban J connectivity index is 2.07. The number of hydrogen-bond acceptors (Lipinski definition) is 3. The van der Waals surface area contributed by atoms with E-state index in [0.29, 0.717) is 0 Å². The van der Waals surface area contributed by atoms with E-state index < -0.39 is 5.60 Å². The molecule has 0 radical (unpaired) electrons. The van der Waals surface area contributed by atoms with Crippen LogP contribution >= 0.6 is 0 Å². The van der Waals surface area contributed by atoms with Crippen LogP contribution in [0.15, 0.2) is 24.3 Å². The van der Waals surface area contributed by atoms with Gasteiger partial charge in [0.2, 0.25) is 0 Å². The van der Waals surface area contributed by atoms with E-state index in [1.165, 1.54) is 11.3 Å². The molecular weight excluding hydrogens is 288 g/mol. The molecule has 1 aromatic rings. The molecule has 0 saturated carbocycles. The summed E-state index contributed by atoms with van der Waals surface area (Å²) < 4.78 is 5.56. The largest absolute Gasteiger partial charge is 0.444 e. The Morgan fingerprint density at radius 1 is 1.13 bits per heavy atom. The van der Waals surface area contributed by atoms with Gasteiger partial charge in [0.05, 0.1) is 12.1 Å². The molecule has 1 aliphatic heterocycles. The molecule has 1 heterocycles. The number of nitrogens with zero attached hydrogens (tertiary/aromatic N) is 2. The molecule has 128 valence electrons. The summed E-state index contributed by atoms with van der Waals surface area (Å²) in [6, 6.07) is 8.98. The molecule has 23 heavy (non-hydrogen) atoms. The number of hydrogen-bond donors (Lipinski definition) is 0. The van der Waals surface area contributed by atoms with Crippen molar-refractivity contribution in [3.63, 3.8) is 0 Å². The van der Waals surface area contributed by atoms with Crippen LogP contribution in [0.3, 0.4) is 0 Å². The lowest BCUT2D eigenvalue weighted by atomic mass is 10.1. The van der Waals surface area contributed by atoms with E-state index >= 15 is 0 Å². The van der Waals surface area contributed by atoms with Crippen molar-refractivity contribution in [2.24, 2.45) is 0 Å². The van der Waals surface area contributed by atoms with Crippen LogP contribution in [0.2, 0.25) is 0 Å². The Bertz CT molecular complexity index is 521. The van der Waals surface area contributed by atoms with Gasteiger partial charge in [0.15, 0.2) is 0 Å². The van der Waals surface area contributed by atoms with E-state index in [0.717, 1.165) is 19.5 Å². The lowest BCUT2D eigenvalue weighted by molar-refractivity contribution is 0.00566. The van der Waals surface area contributed by atoms with Crippen molar-refractivity contribution in [1.82, 2.24) is 4.90 Å². The highest BCUT2D eigenvalue weighted by molar-refractivity contribution is 5.69. The van der Waals surface area contributed by atoms with Crippen LogP contribution < -0.4 is 4.90 Å². The molecular formula is C19H30N2O2. The Hall–Kier alpha value is -1.71. The molecule has 0 aliphatic carbocycles. The van der Waals surface area contributed by atoms with E-state index in [1.807, 2.05) is 25.7 Å². The van der Waals surface area contributed by atoms with Gasteiger partial charge in [0.1, 0.15) is 5.60 Å². The van der Waals surface area contributed by atoms with Gasteiger partial charge < -0.3 is 9.64 Å². The lowest BCUT2D eigenvalue weighted by Gasteiger charge is -2.45. The average molecular weight is 318 g/mol. The van der Waals surface area contributed by atoms with Gasteiger partial charge in [-0.1, -0.05) is 19.1 Å². The number of rotatable bonds is 2. The summed E-state index contributed by atoms with van der Waals surface area (Å²) in [6.45, 7) is 13.7. The van der Waals surface area contributed by atoms with Crippen LogP contribution in [0.5, 0.6) is 0 Å². The summed E-state index contributed by atoms with van der Waals surface area (Å²) in [5.41, 5.74) is 2.12. The highest BCUT2D eigenvalue weighted by Gasteiger charge is 2.35. The van der Waals surface area contributed by atoms with Crippen LogP contribution in [0.1, 0.15) is 47.1 Å². The zero-order valence-electron chi connectivity index (χ0n) is 15.3. The Labute approximate surface area is 140 Å². The summed E-state index contributed by atoms with van der Waals surface area (Å²) in [5, 5.41) is 0. The fourth-order valence-electron chi connectivity index (χ4n) is 3.15. The maximum atomic E-state index is 12.4. The number of aryl methyl sites for hydroxylation is 1. The lowest BCUT2D eigenvalue weighted by Crippen LogP contribution is -2.59. The number of carbonyl (C=O) groups is 1. The van der Waals surface area contributed by atoms with Crippen molar-refractivity contribution in [1.29, 1.82) is 0 Å². The quantitative estimate of drug-likeness (QED) is 0.823. The normalized spacial score (nSPS) is 22.2. The molecule has 0 bridgehead atoms. The number of piperazine rings is 1. The molecule has 0 spiro atoms. The van der Waals surface area contributed by atoms with Crippen LogP contribution in [0, 0.1) is 0 Å². The third-order valence-electron chi connectivity index (χ3n) is 4.23. The predicted molar refractivity (Wildman–Crippen MR) is 95.0 cm³/mol. The minimum Gasteiger partial charge on any atom is -0.444 e. The summed E-state index contributed by atoms with van der Waals surface area (Å²) in [6.07, 6.45) is 0.845. The summed E-state index contributed by atoms with van der Waals surface area (Å²) in [4.78, 5) is 16.7. The third kappa shape index (κ3) is 4.40. The Morgan fingerprint density at radius 2 is 1.65 bits per heavy atom. The van der Waals surface area contributed by atoms with Crippen LogP contribution in [-0.4, -0.2) is 41.8 Å². The first-order chi connectivity index (χ1) is 10.7. The van der Waals surface area contributed by atoms with E-state index in [2.05, 4.69) is 49.9 Å². The number of carbonyl (C=O) groups excluding carboxylic acids is 1. The molecule has 2 unspecified atom stereocenters. The minimum absolute atomic E-state index is 0.124. The zero-order chi connectivity index (χ0) is 17.2. The van der Waals surface area contributed by atoms with E-state index in [-0.39, 0.29) is 18.2 Å². The van der Waals surface area contributed by atoms with E-state index in [4.69, 9.17) is 4.74 Å². The highest BCUT2D eigenvalue weighted by atomic mass is 16.6. The van der Waals surface area contributed by atoms with Gasteiger partial charge in [-0.05, 0) is 58.7 Å². The zero-order valence-corrected chi connectivity index (χ0v) is 15.3. The van der Waals surface area contributed by atoms with Crippen LogP contribution in [-0.2, 0) is 11.2 Å². The second kappa shape index (κ2) is 6.81. The van der Waals surface area contributed by atoms with Gasteiger partial charge in [-0.2, -0.15) is 0 Å². The molecule has 1 aromatic carbocycles. The maximum Gasteiger partial charge on any atom is 0.410 e. The van der Waals surface area contributed by atoms with Gasteiger partial charge in [-0.15, -0.1) is 0 Å². The Kier molecular flexibility index (Phi) is 5.23. The molecule has 0 aromatic heterocycles. The third-order valence-corrected chi connectivity index (χ3v) is 4.23. The van der Waals surface area contributed by atoms with Crippen molar-refractivity contribution in [3.05, 3.63) is 29.8 Å².